The maximum absolute atomic E-state index is 13.1. The van der Waals surface area contributed by atoms with Crippen LogP contribution in [0.1, 0.15) is 335 Å². The number of likely N-dealkylation sites (N-methyl/N-ethyl adjacent to an activating group) is 1. The first-order valence-electron chi connectivity index (χ1n) is 38.6. The lowest BCUT2D eigenvalue weighted by Crippen LogP contribution is -2.45. The van der Waals surface area contributed by atoms with Crippen molar-refractivity contribution >= 4 is 13.7 Å². The van der Waals surface area contributed by atoms with Crippen molar-refractivity contribution in [3.05, 3.63) is 134 Å². The summed E-state index contributed by atoms with van der Waals surface area (Å²) in [6, 6.07) is -0.876. The van der Waals surface area contributed by atoms with Crippen molar-refractivity contribution in [1.82, 2.24) is 5.32 Å². The molecule has 1 amide bonds. The van der Waals surface area contributed by atoms with Gasteiger partial charge in [0.1, 0.15) is 13.2 Å². The van der Waals surface area contributed by atoms with Crippen LogP contribution in [0.15, 0.2) is 134 Å². The topological polar surface area (TPSA) is 105 Å². The monoisotopic (exact) mass is 1300 g/mol. The Kier molecular flexibility index (Phi) is 69.3. The number of carbonyl (C=O) groups is 1. The van der Waals surface area contributed by atoms with Crippen LogP contribution in [0.25, 0.3) is 0 Å². The molecular formula is C83H148N2O6P+. The summed E-state index contributed by atoms with van der Waals surface area (Å²) >= 11 is 0. The van der Waals surface area contributed by atoms with Crippen molar-refractivity contribution < 1.29 is 32.9 Å². The Labute approximate surface area is 570 Å². The Morgan fingerprint density at radius 2 is 0.663 bits per heavy atom. The molecule has 0 fully saturated rings. The van der Waals surface area contributed by atoms with Crippen molar-refractivity contribution in [3.8, 4) is 0 Å². The molecule has 530 valence electrons. The van der Waals surface area contributed by atoms with Crippen molar-refractivity contribution in [2.75, 3.05) is 40.9 Å². The van der Waals surface area contributed by atoms with Gasteiger partial charge in [0, 0.05) is 6.42 Å². The third-order valence-corrected chi connectivity index (χ3v) is 17.8. The zero-order chi connectivity index (χ0) is 66.9. The molecule has 0 heterocycles. The van der Waals surface area contributed by atoms with Crippen LogP contribution >= 0.6 is 7.82 Å². The predicted molar refractivity (Wildman–Crippen MR) is 405 cm³/mol. The fourth-order valence-corrected chi connectivity index (χ4v) is 11.7. The molecule has 8 nitrogen and oxygen atoms in total. The van der Waals surface area contributed by atoms with Gasteiger partial charge >= 0.3 is 7.82 Å². The normalized spacial score (nSPS) is 14.3. The molecule has 0 aromatic rings. The Bertz CT molecular complexity index is 1970. The number of hydrogen-bond donors (Lipinski definition) is 3. The number of phosphoric acid groups is 1. The molecule has 3 N–H and O–H groups in total. The minimum Gasteiger partial charge on any atom is -0.387 e. The van der Waals surface area contributed by atoms with Gasteiger partial charge in [0.05, 0.1) is 39.9 Å². The summed E-state index contributed by atoms with van der Waals surface area (Å²) in [5.41, 5.74) is 0. The Hall–Kier alpha value is -3.36. The highest BCUT2D eigenvalue weighted by atomic mass is 31.2. The van der Waals surface area contributed by atoms with Crippen molar-refractivity contribution in [1.29, 1.82) is 0 Å². The molecule has 0 bridgehead atoms. The molecule has 0 rings (SSSR count). The van der Waals surface area contributed by atoms with E-state index in [4.69, 9.17) is 9.05 Å². The molecule has 0 saturated heterocycles. The smallest absolute Gasteiger partial charge is 0.387 e. The summed E-state index contributed by atoms with van der Waals surface area (Å²) in [6.45, 7) is 4.70. The molecule has 3 atom stereocenters. The lowest BCUT2D eigenvalue weighted by molar-refractivity contribution is -0.870. The standard InChI is InChI=1S/C83H147N2O6P/c1-6-8-10-12-14-16-18-20-22-24-26-28-30-32-34-36-38-39-40-41-42-43-44-45-47-49-51-53-55-57-59-61-63-65-67-69-71-73-75-77-83(87)84-81(80-91-92(88,89)90-79-78-85(3,4)5)82(86)76-74-72-70-68-66-64-62-60-58-56-54-52-50-48-46-37-35-33-31-29-27-25-23-21-19-17-15-13-11-9-7-2/h8,10,14,16,20,22,26,28,32,34,38-39,41-42,44-45,49,51,66,68,74,76,81-82,86H,6-7,9,11-13,15,17-19,21,23-25,27,29-31,33,35-37,40,43,46-48,50,52-65,67,69-73,75,77-80H2,1-5H3,(H-,84,87,88,89)/p+1/b10-8-,16-14-,22-20-,28-26-,34-32-,39-38-,42-41-,45-44-,51-49-,68-66+,76-74+. The van der Waals surface area contributed by atoms with Crippen LogP contribution in [0.4, 0.5) is 0 Å². The van der Waals surface area contributed by atoms with E-state index in [-0.39, 0.29) is 19.1 Å². The van der Waals surface area contributed by atoms with E-state index < -0.39 is 20.0 Å². The Morgan fingerprint density at radius 3 is 1.00 bits per heavy atom. The lowest BCUT2D eigenvalue weighted by Gasteiger charge is -2.25. The second kappa shape index (κ2) is 71.9. The molecule has 0 spiro atoms. The van der Waals surface area contributed by atoms with Crippen LogP contribution < -0.4 is 5.32 Å². The second-order valence-corrected chi connectivity index (χ2v) is 28.4. The average molecular weight is 1300 g/mol. The van der Waals surface area contributed by atoms with Gasteiger partial charge < -0.3 is 19.8 Å². The van der Waals surface area contributed by atoms with Crippen LogP contribution in [-0.2, 0) is 18.4 Å². The third kappa shape index (κ3) is 74.0. The molecule has 9 heteroatoms. The minimum atomic E-state index is -4.37. The van der Waals surface area contributed by atoms with Gasteiger partial charge in [0.15, 0.2) is 0 Å². The fourth-order valence-electron chi connectivity index (χ4n) is 10.9. The number of rotatable bonds is 70. The molecule has 0 aliphatic carbocycles. The summed E-state index contributed by atoms with van der Waals surface area (Å²) in [5, 5.41) is 14.0. The number of allylic oxidation sites excluding steroid dienone is 21. The average Bonchev–Trinajstić information content (AvgIpc) is 2.63. The van der Waals surface area contributed by atoms with E-state index in [2.05, 4.69) is 141 Å². The molecule has 0 aliphatic rings. The highest BCUT2D eigenvalue weighted by molar-refractivity contribution is 7.47. The molecule has 3 unspecified atom stereocenters. The van der Waals surface area contributed by atoms with Gasteiger partial charge in [-0.3, -0.25) is 13.8 Å². The molecular weight excluding hydrogens is 1150 g/mol. The van der Waals surface area contributed by atoms with Gasteiger partial charge in [0.25, 0.3) is 0 Å². The van der Waals surface area contributed by atoms with Gasteiger partial charge in [-0.2, -0.15) is 0 Å². The number of aliphatic hydroxyl groups is 1. The number of amides is 1. The van der Waals surface area contributed by atoms with E-state index >= 15 is 0 Å². The summed E-state index contributed by atoms with van der Waals surface area (Å²) in [7, 11) is 1.55. The van der Waals surface area contributed by atoms with E-state index in [1.807, 2.05) is 27.2 Å². The van der Waals surface area contributed by atoms with E-state index in [1.54, 1.807) is 6.08 Å². The van der Waals surface area contributed by atoms with Crippen LogP contribution in [0.5, 0.6) is 0 Å². The maximum atomic E-state index is 13.1. The Morgan fingerprint density at radius 1 is 0.380 bits per heavy atom. The van der Waals surface area contributed by atoms with E-state index in [0.717, 1.165) is 96.3 Å². The summed E-state index contributed by atoms with van der Waals surface area (Å²) in [5.74, 6) is -0.191. The largest absolute Gasteiger partial charge is 0.472 e. The molecule has 0 aromatic heterocycles. The lowest BCUT2D eigenvalue weighted by atomic mass is 10.0. The summed E-state index contributed by atoms with van der Waals surface area (Å²) < 4.78 is 23.8. The number of nitrogens with one attached hydrogen (secondary N) is 1. The van der Waals surface area contributed by atoms with E-state index in [9.17, 15) is 19.4 Å². The van der Waals surface area contributed by atoms with Crippen LogP contribution in [0.2, 0.25) is 0 Å². The number of unbranched alkanes of at least 4 members (excludes halogenated alkanes) is 37. The quantitative estimate of drug-likeness (QED) is 0.0243. The maximum Gasteiger partial charge on any atom is 0.472 e. The van der Waals surface area contributed by atoms with Crippen molar-refractivity contribution in [2.45, 2.75) is 347 Å². The number of phosphoric ester groups is 1. The van der Waals surface area contributed by atoms with Crippen LogP contribution in [0.3, 0.4) is 0 Å². The Balaban J connectivity index is 4.10. The van der Waals surface area contributed by atoms with Crippen LogP contribution in [-0.4, -0.2) is 73.4 Å². The molecule has 0 radical (unpaired) electrons. The first kappa shape index (κ1) is 88.6. The van der Waals surface area contributed by atoms with Gasteiger partial charge in [-0.25, -0.2) is 4.57 Å². The number of nitrogens with zero attached hydrogens (tertiary/aromatic N) is 1. The third-order valence-electron chi connectivity index (χ3n) is 16.9. The zero-order valence-corrected chi connectivity index (χ0v) is 61.6. The summed E-state index contributed by atoms with van der Waals surface area (Å²) in [6.07, 6.45) is 109. The first-order chi connectivity index (χ1) is 45.0. The van der Waals surface area contributed by atoms with Crippen molar-refractivity contribution in [2.24, 2.45) is 0 Å². The zero-order valence-electron chi connectivity index (χ0n) is 60.8. The second-order valence-electron chi connectivity index (χ2n) is 27.0. The van der Waals surface area contributed by atoms with E-state index in [1.165, 1.54) is 218 Å². The number of carbonyl (C=O) groups excluding carboxylic acids is 1. The number of aliphatic hydroxyl groups excluding tert-OH is 1. The number of quaternary nitrogens is 1. The SMILES string of the molecule is CC/C=C\C/C=C\C/C=C\C/C=C\C/C=C\C/C=C\C/C=C\C/C=C\C/C=C\CCCCCCCCCCCCCC(=O)NC(COP(=O)(O)OCC[N+](C)(C)C)C(O)/C=C/CC/C=C/CCCCCCCCCCCCCCCCCCCCCCCCCCC. The van der Waals surface area contributed by atoms with Crippen molar-refractivity contribution in [3.63, 3.8) is 0 Å². The molecule has 92 heavy (non-hydrogen) atoms. The first-order valence-corrected chi connectivity index (χ1v) is 40.1. The summed E-state index contributed by atoms with van der Waals surface area (Å²) in [4.78, 5) is 23.5. The van der Waals surface area contributed by atoms with Gasteiger partial charge in [-0.15, -0.1) is 0 Å². The molecule has 0 aromatic carbocycles. The minimum absolute atomic E-state index is 0.0504. The highest BCUT2D eigenvalue weighted by Gasteiger charge is 2.28. The predicted octanol–water partition coefficient (Wildman–Crippen LogP) is 25.3. The van der Waals surface area contributed by atoms with Gasteiger partial charge in [-0.05, 0) is 103 Å². The van der Waals surface area contributed by atoms with Gasteiger partial charge in [-0.1, -0.05) is 359 Å². The molecule has 0 saturated carbocycles. The highest BCUT2D eigenvalue weighted by Crippen LogP contribution is 2.43. The molecule has 0 aliphatic heterocycles. The van der Waals surface area contributed by atoms with E-state index in [0.29, 0.717) is 17.4 Å². The van der Waals surface area contributed by atoms with Gasteiger partial charge in [0.2, 0.25) is 5.91 Å². The van der Waals surface area contributed by atoms with Crippen LogP contribution in [0, 0.1) is 0 Å². The fraction of sp³-hybridized carbons (Fsp3) is 0.723. The number of hydrogen-bond acceptors (Lipinski definition) is 5.